The summed E-state index contributed by atoms with van der Waals surface area (Å²) < 4.78 is 0. The van der Waals surface area contributed by atoms with Gasteiger partial charge in [0.1, 0.15) is 4.88 Å². The van der Waals surface area contributed by atoms with Crippen LogP contribution >= 0.6 is 11.3 Å². The maximum absolute atomic E-state index is 12.1. The van der Waals surface area contributed by atoms with E-state index in [2.05, 4.69) is 6.92 Å². The Morgan fingerprint density at radius 3 is 2.71 bits per heavy atom. The molecule has 1 N–H and O–H groups in total. The van der Waals surface area contributed by atoms with Gasteiger partial charge in [-0.25, -0.2) is 4.79 Å². The number of likely N-dealkylation sites (tertiary alicyclic amines) is 1. The summed E-state index contributed by atoms with van der Waals surface area (Å²) in [6, 6.07) is 3.10. The van der Waals surface area contributed by atoms with Crippen LogP contribution in [0.3, 0.4) is 0 Å². The lowest BCUT2D eigenvalue weighted by Gasteiger charge is -2.14. The second-order valence-electron chi connectivity index (χ2n) is 4.28. The summed E-state index contributed by atoms with van der Waals surface area (Å²) in [4.78, 5) is 25.4. The van der Waals surface area contributed by atoms with Crippen molar-refractivity contribution in [2.24, 2.45) is 5.92 Å². The lowest BCUT2D eigenvalue weighted by Crippen LogP contribution is -2.27. The molecule has 2 heterocycles. The van der Waals surface area contributed by atoms with Crippen LogP contribution in [0.4, 0.5) is 0 Å². The zero-order valence-corrected chi connectivity index (χ0v) is 10.5. The molecule has 0 aliphatic carbocycles. The van der Waals surface area contributed by atoms with Crippen LogP contribution in [0, 0.1) is 5.92 Å². The molecule has 1 atom stereocenters. The number of thiophene rings is 1. The van der Waals surface area contributed by atoms with E-state index in [1.54, 1.807) is 6.07 Å². The number of amides is 1. The van der Waals surface area contributed by atoms with E-state index in [-0.39, 0.29) is 10.8 Å². The number of carboxylic acid groups (broad SMARTS) is 1. The summed E-state index contributed by atoms with van der Waals surface area (Å²) in [5, 5.41) is 8.81. The van der Waals surface area contributed by atoms with Gasteiger partial charge in [0.2, 0.25) is 0 Å². The maximum Gasteiger partial charge on any atom is 0.345 e. The molecule has 0 bridgehead atoms. The molecule has 5 heteroatoms. The lowest BCUT2D eigenvalue weighted by atomic mass is 10.1. The summed E-state index contributed by atoms with van der Waals surface area (Å²) in [7, 11) is 0. The normalized spacial score (nSPS) is 19.6. The summed E-state index contributed by atoms with van der Waals surface area (Å²) >= 11 is 1.05. The van der Waals surface area contributed by atoms with Gasteiger partial charge in [-0.3, -0.25) is 4.79 Å². The van der Waals surface area contributed by atoms with Crippen molar-refractivity contribution in [1.29, 1.82) is 0 Å². The second-order valence-corrected chi connectivity index (χ2v) is 5.37. The van der Waals surface area contributed by atoms with E-state index in [4.69, 9.17) is 5.11 Å². The van der Waals surface area contributed by atoms with Gasteiger partial charge in [0.15, 0.2) is 0 Å². The third-order valence-electron chi connectivity index (χ3n) is 3.18. The number of rotatable bonds is 3. The average molecular weight is 253 g/mol. The van der Waals surface area contributed by atoms with Crippen molar-refractivity contribution in [3.8, 4) is 0 Å². The number of aromatic carboxylic acids is 1. The highest BCUT2D eigenvalue weighted by molar-refractivity contribution is 7.15. The van der Waals surface area contributed by atoms with Crippen LogP contribution in [-0.4, -0.2) is 35.0 Å². The molecule has 1 saturated heterocycles. The molecule has 1 fully saturated rings. The van der Waals surface area contributed by atoms with Crippen molar-refractivity contribution in [2.45, 2.75) is 19.8 Å². The van der Waals surface area contributed by atoms with Crippen molar-refractivity contribution in [1.82, 2.24) is 4.90 Å². The second kappa shape index (κ2) is 4.87. The van der Waals surface area contributed by atoms with Gasteiger partial charge >= 0.3 is 5.97 Å². The van der Waals surface area contributed by atoms with E-state index in [1.165, 1.54) is 6.07 Å². The van der Waals surface area contributed by atoms with Gasteiger partial charge < -0.3 is 10.0 Å². The largest absolute Gasteiger partial charge is 0.477 e. The highest BCUT2D eigenvalue weighted by Crippen LogP contribution is 2.24. The van der Waals surface area contributed by atoms with Crippen LogP contribution in [0.25, 0.3) is 0 Å². The highest BCUT2D eigenvalue weighted by Gasteiger charge is 2.26. The molecule has 1 aliphatic rings. The van der Waals surface area contributed by atoms with Crippen molar-refractivity contribution >= 4 is 23.2 Å². The van der Waals surface area contributed by atoms with Crippen molar-refractivity contribution in [3.63, 3.8) is 0 Å². The van der Waals surface area contributed by atoms with Gasteiger partial charge in [0.25, 0.3) is 5.91 Å². The van der Waals surface area contributed by atoms with Gasteiger partial charge in [0, 0.05) is 13.1 Å². The average Bonchev–Trinajstić information content (AvgIpc) is 2.97. The quantitative estimate of drug-likeness (QED) is 0.899. The number of carboxylic acids is 1. The first kappa shape index (κ1) is 12.1. The zero-order chi connectivity index (χ0) is 12.4. The van der Waals surface area contributed by atoms with Crippen LogP contribution < -0.4 is 0 Å². The first-order valence-corrected chi connectivity index (χ1v) is 6.56. The molecule has 0 spiro atoms. The van der Waals surface area contributed by atoms with Crippen molar-refractivity contribution in [2.75, 3.05) is 13.1 Å². The Hall–Kier alpha value is -1.36. The standard InChI is InChI=1S/C12H15NO3S/c1-2-8-5-6-13(7-8)11(14)9-3-4-10(17-9)12(15)16/h3-4,8H,2,5-7H2,1H3,(H,15,16). The van der Waals surface area contributed by atoms with Gasteiger partial charge in [-0.05, 0) is 24.5 Å². The van der Waals surface area contributed by atoms with E-state index < -0.39 is 5.97 Å². The van der Waals surface area contributed by atoms with Gasteiger partial charge in [-0.1, -0.05) is 13.3 Å². The Kier molecular flexibility index (Phi) is 3.47. The summed E-state index contributed by atoms with van der Waals surface area (Å²) in [5.41, 5.74) is 0. The Balaban J connectivity index is 2.07. The third-order valence-corrected chi connectivity index (χ3v) is 4.24. The maximum atomic E-state index is 12.1. The van der Waals surface area contributed by atoms with Gasteiger partial charge in [-0.15, -0.1) is 11.3 Å². The lowest BCUT2D eigenvalue weighted by molar-refractivity contribution is 0.0701. The van der Waals surface area contributed by atoms with Crippen LogP contribution in [0.2, 0.25) is 0 Å². The predicted octanol–water partition coefficient (Wildman–Crippen LogP) is 2.32. The third kappa shape index (κ3) is 2.49. The minimum Gasteiger partial charge on any atom is -0.477 e. The number of nitrogens with zero attached hydrogens (tertiary/aromatic N) is 1. The van der Waals surface area contributed by atoms with E-state index in [1.807, 2.05) is 4.90 Å². The molecule has 1 unspecified atom stereocenters. The molecule has 0 saturated carbocycles. The summed E-state index contributed by atoms with van der Waals surface area (Å²) in [6.45, 7) is 3.72. The number of hydrogen-bond donors (Lipinski definition) is 1. The monoisotopic (exact) mass is 253 g/mol. The van der Waals surface area contributed by atoms with Crippen molar-refractivity contribution < 1.29 is 14.7 Å². The molecule has 1 amide bonds. The number of carbonyl (C=O) groups excluding carboxylic acids is 1. The molecular formula is C12H15NO3S. The fourth-order valence-corrected chi connectivity index (χ4v) is 2.89. The predicted molar refractivity (Wildman–Crippen MR) is 65.6 cm³/mol. The molecule has 0 radical (unpaired) electrons. The Bertz CT molecular complexity index is 441. The molecule has 0 aromatic carbocycles. The number of carbonyl (C=O) groups is 2. The topological polar surface area (TPSA) is 57.6 Å². The molecule has 1 aromatic heterocycles. The van der Waals surface area contributed by atoms with E-state index in [0.717, 1.165) is 37.3 Å². The van der Waals surface area contributed by atoms with Gasteiger partial charge in [0.05, 0.1) is 4.88 Å². The summed E-state index contributed by atoms with van der Waals surface area (Å²) in [6.07, 6.45) is 2.15. The number of hydrogen-bond acceptors (Lipinski definition) is 3. The highest BCUT2D eigenvalue weighted by atomic mass is 32.1. The first-order valence-electron chi connectivity index (χ1n) is 5.74. The molecule has 4 nitrogen and oxygen atoms in total. The smallest absolute Gasteiger partial charge is 0.345 e. The fraction of sp³-hybridized carbons (Fsp3) is 0.500. The van der Waals surface area contributed by atoms with E-state index in [9.17, 15) is 9.59 Å². The van der Waals surface area contributed by atoms with E-state index >= 15 is 0 Å². The molecule has 92 valence electrons. The molecule has 1 aromatic rings. The Morgan fingerprint density at radius 1 is 1.47 bits per heavy atom. The Labute approximate surface area is 104 Å². The van der Waals surface area contributed by atoms with E-state index in [0.29, 0.717) is 10.8 Å². The van der Waals surface area contributed by atoms with Crippen LogP contribution in [0.1, 0.15) is 39.1 Å². The Morgan fingerprint density at radius 2 is 2.18 bits per heavy atom. The molecule has 17 heavy (non-hydrogen) atoms. The first-order chi connectivity index (χ1) is 8.11. The van der Waals surface area contributed by atoms with Crippen molar-refractivity contribution in [3.05, 3.63) is 21.9 Å². The molecule has 2 rings (SSSR count). The minimum atomic E-state index is -0.970. The van der Waals surface area contributed by atoms with Gasteiger partial charge in [-0.2, -0.15) is 0 Å². The van der Waals surface area contributed by atoms with Crippen LogP contribution in [0.5, 0.6) is 0 Å². The summed E-state index contributed by atoms with van der Waals surface area (Å²) in [5.74, 6) is -0.404. The zero-order valence-electron chi connectivity index (χ0n) is 9.68. The SMILES string of the molecule is CCC1CCN(C(=O)c2ccc(C(=O)O)s2)C1. The van der Waals surface area contributed by atoms with Crippen LogP contribution in [0.15, 0.2) is 12.1 Å². The molecule has 1 aliphatic heterocycles. The fourth-order valence-electron chi connectivity index (χ4n) is 2.07. The van der Waals surface area contributed by atoms with Crippen LogP contribution in [-0.2, 0) is 0 Å². The minimum absolute atomic E-state index is 0.0292. The molecular weight excluding hydrogens is 238 g/mol.